The molecule has 6 heteroatoms. The molecule has 0 bridgehead atoms. The van der Waals surface area contributed by atoms with E-state index in [0.29, 0.717) is 5.92 Å². The number of piperidine rings is 1. The monoisotopic (exact) mass is 259 g/mol. The molecule has 2 unspecified atom stereocenters. The number of hydrogen-bond acceptors (Lipinski definition) is 1. The van der Waals surface area contributed by atoms with E-state index in [9.17, 15) is 12.9 Å². The molecule has 1 aliphatic rings. The molecular weight excluding hydrogens is 241 g/mol. The van der Waals surface area contributed by atoms with E-state index in [2.05, 4.69) is 13.5 Å². The third-order valence-electron chi connectivity index (χ3n) is 3.15. The van der Waals surface area contributed by atoms with Gasteiger partial charge in [-0.05, 0) is 38.8 Å². The summed E-state index contributed by atoms with van der Waals surface area (Å²) in [6.07, 6.45) is 1.97. The molecule has 1 heterocycles. The molecule has 0 amide bonds. The first-order valence-corrected chi connectivity index (χ1v) is 5.42. The molecule has 0 saturated carbocycles. The fraction of sp³-hybridized carbons (Fsp3) is 0.800. The fourth-order valence-corrected chi connectivity index (χ4v) is 2.06. The summed E-state index contributed by atoms with van der Waals surface area (Å²) in [5.74, 6) is 0.626. The van der Waals surface area contributed by atoms with Gasteiger partial charge in [-0.1, -0.05) is 6.92 Å². The van der Waals surface area contributed by atoms with Gasteiger partial charge in [0.05, 0.1) is 0 Å². The second-order valence-corrected chi connectivity index (χ2v) is 4.68. The van der Waals surface area contributed by atoms with Gasteiger partial charge in [-0.25, -0.2) is 0 Å². The summed E-state index contributed by atoms with van der Waals surface area (Å²) < 4.78 is 37.0. The molecule has 1 aliphatic heterocycles. The zero-order valence-corrected chi connectivity index (χ0v) is 13.5. The minimum Gasteiger partial charge on any atom is -0.445 e. The van der Waals surface area contributed by atoms with Crippen LogP contribution in [0.1, 0.15) is 26.7 Å². The van der Waals surface area contributed by atoms with Crippen molar-refractivity contribution in [1.29, 1.82) is 0 Å². The summed E-state index contributed by atoms with van der Waals surface area (Å²) in [6, 6.07) is 0.239. The summed E-state index contributed by atoms with van der Waals surface area (Å²) in [5.41, 5.74) is -0.573. The van der Waals surface area contributed by atoms with Gasteiger partial charge in [0.1, 0.15) is 0 Å². The maximum absolute atomic E-state index is 12.3. The van der Waals surface area contributed by atoms with Crippen LogP contribution >= 0.6 is 0 Å². The maximum Gasteiger partial charge on any atom is 1.00 e. The van der Waals surface area contributed by atoms with Crippen LogP contribution in [0.4, 0.5) is 12.9 Å². The van der Waals surface area contributed by atoms with E-state index in [1.807, 2.05) is 11.8 Å². The van der Waals surface area contributed by atoms with Crippen LogP contribution in [0, 0.1) is 5.92 Å². The van der Waals surface area contributed by atoms with Crippen LogP contribution in [-0.4, -0.2) is 31.0 Å². The molecule has 2 atom stereocenters. The summed E-state index contributed by atoms with van der Waals surface area (Å²) in [6.45, 7) is 3.15. The molecule has 88 valence electrons. The maximum atomic E-state index is 12.3. The van der Waals surface area contributed by atoms with E-state index in [0.717, 1.165) is 19.4 Å². The van der Waals surface area contributed by atoms with Gasteiger partial charge in [0.15, 0.2) is 0 Å². The fourth-order valence-electron chi connectivity index (χ4n) is 2.06. The molecule has 0 radical (unpaired) electrons. The number of nitrogens with zero attached hydrogens (tertiary/aromatic N) is 1. The predicted octanol–water partition coefficient (Wildman–Crippen LogP) is 0.0536. The Balaban J connectivity index is 0.00000225. The second-order valence-electron chi connectivity index (χ2n) is 4.68. The van der Waals surface area contributed by atoms with Crippen molar-refractivity contribution in [3.63, 3.8) is 0 Å². The van der Waals surface area contributed by atoms with Gasteiger partial charge < -0.3 is 12.9 Å². The van der Waals surface area contributed by atoms with Gasteiger partial charge in [-0.2, -0.15) is 0 Å². The van der Waals surface area contributed by atoms with E-state index in [4.69, 9.17) is 0 Å². The first-order chi connectivity index (χ1) is 6.80. The van der Waals surface area contributed by atoms with Crippen LogP contribution in [-0.2, 0) is 0 Å². The molecule has 1 nitrogen and oxygen atoms in total. The molecule has 0 spiro atoms. The predicted molar refractivity (Wildman–Crippen MR) is 57.7 cm³/mol. The molecular formula is C10H18BF3KN. The molecule has 1 rings (SSSR count). The van der Waals surface area contributed by atoms with E-state index >= 15 is 0 Å². The minimum atomic E-state index is -4.87. The quantitative estimate of drug-likeness (QED) is 0.648. The number of likely N-dealkylation sites (tertiary alicyclic amines) is 1. The van der Waals surface area contributed by atoms with Crippen LogP contribution in [0.3, 0.4) is 0 Å². The van der Waals surface area contributed by atoms with Crippen molar-refractivity contribution in [2.45, 2.75) is 32.7 Å². The largest absolute Gasteiger partial charge is 1.00 e. The van der Waals surface area contributed by atoms with E-state index in [1.165, 1.54) is 0 Å². The molecule has 1 saturated heterocycles. The van der Waals surface area contributed by atoms with Crippen LogP contribution in [0.2, 0.25) is 0 Å². The molecule has 0 aromatic rings. The summed E-state index contributed by atoms with van der Waals surface area (Å²) >= 11 is 0. The Labute approximate surface area is 138 Å². The van der Waals surface area contributed by atoms with Gasteiger partial charge in [0.2, 0.25) is 0 Å². The van der Waals surface area contributed by atoms with Crippen molar-refractivity contribution in [2.24, 2.45) is 5.92 Å². The molecule has 0 aliphatic carbocycles. The summed E-state index contributed by atoms with van der Waals surface area (Å²) in [5, 5.41) is 0. The molecule has 0 N–H and O–H groups in total. The van der Waals surface area contributed by atoms with Gasteiger partial charge in [-0.3, -0.25) is 4.90 Å². The Kier molecular flexibility index (Phi) is 7.46. The first kappa shape index (κ1) is 17.2. The van der Waals surface area contributed by atoms with Crippen molar-refractivity contribution in [1.82, 2.24) is 4.90 Å². The number of hydrogen-bond donors (Lipinski definition) is 0. The van der Waals surface area contributed by atoms with Crippen molar-refractivity contribution >= 4 is 6.98 Å². The Bertz CT molecular complexity index is 245. The standard InChI is InChI=1S/C10H18BF3N.K/c1-8-4-5-15(10(3)6-8)7-9(2)11(12,13)14;/h8,10H,2,4-7H2,1,3H3;/q-1;+1. The van der Waals surface area contributed by atoms with Crippen LogP contribution < -0.4 is 51.4 Å². The Morgan fingerprint density at radius 3 is 2.38 bits per heavy atom. The van der Waals surface area contributed by atoms with Crippen molar-refractivity contribution in [3.05, 3.63) is 12.1 Å². The van der Waals surface area contributed by atoms with Gasteiger partial charge in [0.25, 0.3) is 0 Å². The molecule has 0 aromatic carbocycles. The molecule has 16 heavy (non-hydrogen) atoms. The number of rotatable bonds is 3. The minimum absolute atomic E-state index is 0. The van der Waals surface area contributed by atoms with E-state index < -0.39 is 12.4 Å². The van der Waals surface area contributed by atoms with Gasteiger partial charge in [0, 0.05) is 6.04 Å². The van der Waals surface area contributed by atoms with Crippen molar-refractivity contribution in [2.75, 3.05) is 13.1 Å². The second kappa shape index (κ2) is 6.95. The normalized spacial score (nSPS) is 27.3. The summed E-state index contributed by atoms with van der Waals surface area (Å²) in [7, 11) is 0. The van der Waals surface area contributed by atoms with Crippen molar-refractivity contribution in [3.8, 4) is 0 Å². The van der Waals surface area contributed by atoms with E-state index in [1.54, 1.807) is 0 Å². The smallest absolute Gasteiger partial charge is 0.445 e. The number of halogens is 3. The zero-order valence-electron chi connectivity index (χ0n) is 10.3. The summed E-state index contributed by atoms with van der Waals surface area (Å²) in [4.78, 5) is 1.89. The topological polar surface area (TPSA) is 3.24 Å². The Hall–Kier alpha value is 1.19. The third-order valence-corrected chi connectivity index (χ3v) is 3.15. The zero-order chi connectivity index (χ0) is 11.6. The van der Waals surface area contributed by atoms with Crippen LogP contribution in [0.15, 0.2) is 12.1 Å². The Morgan fingerprint density at radius 1 is 1.38 bits per heavy atom. The first-order valence-electron chi connectivity index (χ1n) is 5.42. The SMILES string of the molecule is C=C(CN1CCC(C)CC1C)[B-](F)(F)F.[K+]. The third kappa shape index (κ3) is 5.23. The average molecular weight is 259 g/mol. The van der Waals surface area contributed by atoms with Gasteiger partial charge in [-0.15, -0.1) is 12.1 Å². The van der Waals surface area contributed by atoms with Crippen LogP contribution in [0.25, 0.3) is 0 Å². The average Bonchev–Trinajstić information content (AvgIpc) is 2.08. The van der Waals surface area contributed by atoms with Crippen LogP contribution in [0.5, 0.6) is 0 Å². The molecule has 1 fully saturated rings. The van der Waals surface area contributed by atoms with Crippen molar-refractivity contribution < 1.29 is 64.3 Å². The Morgan fingerprint density at radius 2 is 1.94 bits per heavy atom. The van der Waals surface area contributed by atoms with E-state index in [-0.39, 0.29) is 64.0 Å². The van der Waals surface area contributed by atoms with Gasteiger partial charge >= 0.3 is 58.4 Å². The molecule has 0 aromatic heterocycles.